The van der Waals surface area contributed by atoms with Crippen LogP contribution >= 0.6 is 11.3 Å². The lowest BCUT2D eigenvalue weighted by molar-refractivity contribution is 0.0198. The number of hydrogen-bond donors (Lipinski definition) is 1. The van der Waals surface area contributed by atoms with Crippen LogP contribution in [-0.4, -0.2) is 34.2 Å². The minimum atomic E-state index is -0.801. The molecule has 3 aromatic rings. The maximum atomic E-state index is 13.0. The predicted octanol–water partition coefficient (Wildman–Crippen LogP) is 2.89. The van der Waals surface area contributed by atoms with E-state index in [1.54, 1.807) is 11.3 Å². The highest BCUT2D eigenvalue weighted by atomic mass is 32.1. The maximum absolute atomic E-state index is 13.0. The van der Waals surface area contributed by atoms with E-state index in [4.69, 9.17) is 14.2 Å². The average molecular weight is 429 g/mol. The van der Waals surface area contributed by atoms with Crippen LogP contribution in [-0.2, 0) is 30.7 Å². The summed E-state index contributed by atoms with van der Waals surface area (Å²) >= 11 is 1.63. The smallest absolute Gasteiger partial charge is 0.262 e. The molecule has 2 atom stereocenters. The number of aryl methyl sites for hydroxylation is 1. The minimum absolute atomic E-state index is 0.0677. The lowest BCUT2D eigenvalue weighted by atomic mass is 9.89. The molecule has 158 valence electrons. The van der Waals surface area contributed by atoms with Crippen molar-refractivity contribution in [2.75, 3.05) is 13.4 Å². The van der Waals surface area contributed by atoms with Crippen molar-refractivity contribution in [1.29, 1.82) is 0 Å². The summed E-state index contributed by atoms with van der Waals surface area (Å²) in [7, 11) is 0. The molecule has 0 radical (unpaired) electrons. The second-order valence-corrected chi connectivity index (χ2v) is 9.17. The first-order valence-corrected chi connectivity index (χ1v) is 11.0. The number of aliphatic hydroxyl groups is 1. The summed E-state index contributed by atoms with van der Waals surface area (Å²) in [4.78, 5) is 19.6. The van der Waals surface area contributed by atoms with E-state index in [9.17, 15) is 9.90 Å². The second-order valence-electron chi connectivity index (χ2n) is 8.09. The van der Waals surface area contributed by atoms with Crippen molar-refractivity contribution in [3.8, 4) is 11.5 Å². The lowest BCUT2D eigenvalue weighted by Crippen LogP contribution is -2.29. The fraction of sp³-hybridized carbons (Fsp3) is 0.455. The number of aromatic nitrogens is 2. The van der Waals surface area contributed by atoms with Gasteiger partial charge in [0.15, 0.2) is 11.5 Å². The van der Waals surface area contributed by atoms with E-state index in [1.807, 2.05) is 18.2 Å². The lowest BCUT2D eigenvalue weighted by Gasteiger charge is -2.17. The van der Waals surface area contributed by atoms with Crippen LogP contribution in [0.5, 0.6) is 11.5 Å². The molecule has 2 aromatic heterocycles. The van der Waals surface area contributed by atoms with Gasteiger partial charge in [-0.25, -0.2) is 4.98 Å². The fourth-order valence-corrected chi connectivity index (χ4v) is 5.46. The van der Waals surface area contributed by atoms with Crippen LogP contribution in [0.1, 0.15) is 29.3 Å². The standard InChI is InChI=1S/C22H24N2O5S/c1-13-2-4-16-19(6-13)30-21-20(16)22(26)24(11-23-21)8-15(25)10-27-9-14-3-5-17-18(7-14)29-12-28-17/h3,5,7,11,13,15,25H,2,4,6,8-10,12H2,1H3. The summed E-state index contributed by atoms with van der Waals surface area (Å²) in [5.74, 6) is 2.08. The molecule has 2 unspecified atom stereocenters. The molecule has 1 aliphatic carbocycles. The van der Waals surface area contributed by atoms with Gasteiger partial charge in [-0.1, -0.05) is 13.0 Å². The van der Waals surface area contributed by atoms with Crippen molar-refractivity contribution in [3.05, 3.63) is 50.9 Å². The molecule has 0 fully saturated rings. The van der Waals surface area contributed by atoms with Gasteiger partial charge in [0.25, 0.3) is 5.56 Å². The molecular formula is C22H24N2O5S. The van der Waals surface area contributed by atoms with Gasteiger partial charge in [0.05, 0.1) is 37.6 Å². The van der Waals surface area contributed by atoms with Gasteiger partial charge in [0.2, 0.25) is 6.79 Å². The van der Waals surface area contributed by atoms with Crippen molar-refractivity contribution >= 4 is 21.6 Å². The van der Waals surface area contributed by atoms with Gasteiger partial charge in [-0.05, 0) is 48.4 Å². The van der Waals surface area contributed by atoms with Crippen LogP contribution < -0.4 is 15.0 Å². The quantitative estimate of drug-likeness (QED) is 0.650. The van der Waals surface area contributed by atoms with Crippen LogP contribution in [0.15, 0.2) is 29.3 Å². The van der Waals surface area contributed by atoms with Gasteiger partial charge in [-0.3, -0.25) is 9.36 Å². The van der Waals surface area contributed by atoms with E-state index >= 15 is 0 Å². The largest absolute Gasteiger partial charge is 0.454 e. The third-order valence-electron chi connectivity index (χ3n) is 5.71. The summed E-state index contributed by atoms with van der Waals surface area (Å²) in [5, 5.41) is 11.1. The SMILES string of the molecule is CC1CCc2c(sc3ncn(CC(O)COCc4ccc5c(c4)OCO5)c(=O)c23)C1. The zero-order valence-corrected chi connectivity index (χ0v) is 17.6. The van der Waals surface area contributed by atoms with Crippen LogP contribution in [0.2, 0.25) is 0 Å². The zero-order valence-electron chi connectivity index (χ0n) is 16.8. The van der Waals surface area contributed by atoms with Crippen molar-refractivity contribution in [2.24, 2.45) is 5.92 Å². The molecule has 1 aliphatic heterocycles. The number of rotatable bonds is 6. The van der Waals surface area contributed by atoms with E-state index in [0.717, 1.165) is 46.4 Å². The molecule has 7 nitrogen and oxygen atoms in total. The van der Waals surface area contributed by atoms with Crippen molar-refractivity contribution in [1.82, 2.24) is 9.55 Å². The Morgan fingerprint density at radius 2 is 2.23 bits per heavy atom. The number of thiophene rings is 1. The molecule has 0 spiro atoms. The Kier molecular flexibility index (Phi) is 5.22. The molecule has 3 heterocycles. The van der Waals surface area contributed by atoms with Crippen LogP contribution in [0.25, 0.3) is 10.2 Å². The van der Waals surface area contributed by atoms with Gasteiger partial charge in [-0.2, -0.15) is 0 Å². The van der Waals surface area contributed by atoms with E-state index in [0.29, 0.717) is 18.3 Å². The number of ether oxygens (including phenoxy) is 3. The first kappa shape index (κ1) is 19.5. The molecule has 0 saturated heterocycles. The second kappa shape index (κ2) is 8.02. The summed E-state index contributed by atoms with van der Waals surface area (Å²) in [6, 6.07) is 5.63. The maximum Gasteiger partial charge on any atom is 0.262 e. The van der Waals surface area contributed by atoms with E-state index in [1.165, 1.54) is 15.8 Å². The van der Waals surface area contributed by atoms with Crippen molar-refractivity contribution in [2.45, 2.75) is 45.4 Å². The molecule has 0 bridgehead atoms. The Morgan fingerprint density at radius 3 is 3.13 bits per heavy atom. The number of nitrogens with zero attached hydrogens (tertiary/aromatic N) is 2. The molecular weight excluding hydrogens is 404 g/mol. The zero-order chi connectivity index (χ0) is 20.7. The van der Waals surface area contributed by atoms with E-state index < -0.39 is 6.10 Å². The molecule has 30 heavy (non-hydrogen) atoms. The number of fused-ring (bicyclic) bond motifs is 4. The third-order valence-corrected chi connectivity index (χ3v) is 6.87. The monoisotopic (exact) mass is 428 g/mol. The Labute approximate surface area is 177 Å². The highest BCUT2D eigenvalue weighted by Crippen LogP contribution is 2.35. The molecule has 8 heteroatoms. The van der Waals surface area contributed by atoms with E-state index in [2.05, 4.69) is 11.9 Å². The summed E-state index contributed by atoms with van der Waals surface area (Å²) in [6.07, 6.45) is 3.79. The van der Waals surface area contributed by atoms with Crippen LogP contribution in [0.3, 0.4) is 0 Å². The minimum Gasteiger partial charge on any atom is -0.454 e. The van der Waals surface area contributed by atoms with Crippen molar-refractivity contribution in [3.63, 3.8) is 0 Å². The Bertz CT molecular complexity index is 1140. The molecule has 5 rings (SSSR count). The Morgan fingerprint density at radius 1 is 1.37 bits per heavy atom. The third kappa shape index (κ3) is 3.71. The first-order chi connectivity index (χ1) is 14.6. The average Bonchev–Trinajstić information content (AvgIpc) is 3.33. The number of benzene rings is 1. The van der Waals surface area contributed by atoms with Gasteiger partial charge in [0.1, 0.15) is 4.83 Å². The molecule has 0 amide bonds. The fourth-order valence-electron chi connectivity index (χ4n) is 4.12. The first-order valence-electron chi connectivity index (χ1n) is 10.2. The highest BCUT2D eigenvalue weighted by Gasteiger charge is 2.23. The summed E-state index contributed by atoms with van der Waals surface area (Å²) in [6.45, 7) is 3.11. The van der Waals surface area contributed by atoms with Gasteiger partial charge in [0, 0.05) is 4.88 Å². The number of hydrogen-bond acceptors (Lipinski definition) is 7. The Balaban J connectivity index is 1.24. The van der Waals surface area contributed by atoms with Crippen molar-refractivity contribution < 1.29 is 19.3 Å². The molecule has 1 aromatic carbocycles. The normalized spacial score (nSPS) is 18.5. The highest BCUT2D eigenvalue weighted by molar-refractivity contribution is 7.18. The van der Waals surface area contributed by atoms with Crippen LogP contribution in [0, 0.1) is 5.92 Å². The van der Waals surface area contributed by atoms with Gasteiger partial charge in [-0.15, -0.1) is 11.3 Å². The van der Waals surface area contributed by atoms with Gasteiger partial charge >= 0.3 is 0 Å². The summed E-state index contributed by atoms with van der Waals surface area (Å²) in [5.41, 5.74) is 2.03. The molecule has 1 N–H and O–H groups in total. The van der Waals surface area contributed by atoms with E-state index in [-0.39, 0.29) is 25.5 Å². The molecule has 2 aliphatic rings. The number of aliphatic hydroxyl groups excluding tert-OH is 1. The van der Waals surface area contributed by atoms with Gasteiger partial charge < -0.3 is 19.3 Å². The van der Waals surface area contributed by atoms with Crippen LogP contribution in [0.4, 0.5) is 0 Å². The summed E-state index contributed by atoms with van der Waals surface area (Å²) < 4.78 is 17.8. The molecule has 0 saturated carbocycles. The Hall–Kier alpha value is -2.42. The topological polar surface area (TPSA) is 82.8 Å². The predicted molar refractivity (Wildman–Crippen MR) is 113 cm³/mol.